The molecule has 3 atom stereocenters. The average molecular weight is 307 g/mol. The van der Waals surface area contributed by atoms with E-state index in [-0.39, 0.29) is 17.9 Å². The molecule has 0 saturated heterocycles. The third kappa shape index (κ3) is 3.12. The van der Waals surface area contributed by atoms with Crippen molar-refractivity contribution in [3.63, 3.8) is 0 Å². The number of nitrogens with one attached hydrogen (secondary N) is 1. The topological polar surface area (TPSA) is 66.4 Å². The zero-order valence-electron chi connectivity index (χ0n) is 12.2. The van der Waals surface area contributed by atoms with E-state index in [4.69, 9.17) is 5.11 Å². The number of thiophene rings is 1. The molecule has 1 fully saturated rings. The number of aliphatic carboxylic acids is 1. The maximum Gasteiger partial charge on any atom is 0.306 e. The molecule has 1 amide bonds. The highest BCUT2D eigenvalue weighted by atomic mass is 32.1. The predicted octanol–water partition coefficient (Wildman–Crippen LogP) is 2.86. The van der Waals surface area contributed by atoms with Crippen molar-refractivity contribution in [2.75, 3.05) is 0 Å². The van der Waals surface area contributed by atoms with Crippen molar-refractivity contribution in [2.24, 2.45) is 11.8 Å². The first-order chi connectivity index (χ1) is 10.0. The van der Waals surface area contributed by atoms with Crippen LogP contribution in [0.15, 0.2) is 6.07 Å². The lowest BCUT2D eigenvalue weighted by molar-refractivity contribution is -0.141. The van der Waals surface area contributed by atoms with E-state index >= 15 is 0 Å². The number of carboxylic acid groups (broad SMARTS) is 1. The molecule has 1 aromatic rings. The Morgan fingerprint density at radius 1 is 1.33 bits per heavy atom. The Labute approximate surface area is 128 Å². The van der Waals surface area contributed by atoms with E-state index < -0.39 is 5.97 Å². The van der Waals surface area contributed by atoms with Gasteiger partial charge in [-0.1, -0.05) is 6.92 Å². The number of amides is 1. The van der Waals surface area contributed by atoms with Gasteiger partial charge in [-0.25, -0.2) is 0 Å². The number of carbonyl (C=O) groups excluding carboxylic acids is 1. The fraction of sp³-hybridized carbons (Fsp3) is 0.625. The molecule has 3 rings (SSSR count). The molecule has 114 valence electrons. The van der Waals surface area contributed by atoms with Crippen LogP contribution in [0, 0.1) is 11.8 Å². The number of hydrogen-bond donors (Lipinski definition) is 2. The van der Waals surface area contributed by atoms with Gasteiger partial charge in [0.25, 0.3) is 5.91 Å². The Bertz CT molecular complexity index is 566. The zero-order valence-corrected chi connectivity index (χ0v) is 13.0. The average Bonchev–Trinajstić information content (AvgIpc) is 3.04. The van der Waals surface area contributed by atoms with Crippen LogP contribution in [0.1, 0.15) is 52.7 Å². The molecule has 0 aliphatic heterocycles. The van der Waals surface area contributed by atoms with Gasteiger partial charge in [-0.05, 0) is 56.1 Å². The summed E-state index contributed by atoms with van der Waals surface area (Å²) in [6, 6.07) is 2.05. The molecule has 2 aliphatic carbocycles. The summed E-state index contributed by atoms with van der Waals surface area (Å²) >= 11 is 1.61. The van der Waals surface area contributed by atoms with Gasteiger partial charge in [0.15, 0.2) is 0 Å². The number of fused-ring (bicyclic) bond motifs is 1. The Kier molecular flexibility index (Phi) is 4.02. The number of carbonyl (C=O) groups is 2. The van der Waals surface area contributed by atoms with Gasteiger partial charge in [-0.15, -0.1) is 11.3 Å². The summed E-state index contributed by atoms with van der Waals surface area (Å²) in [5.41, 5.74) is 1.33. The van der Waals surface area contributed by atoms with Crippen LogP contribution in [0.3, 0.4) is 0 Å². The minimum atomic E-state index is -0.743. The fourth-order valence-electron chi connectivity index (χ4n) is 3.41. The van der Waals surface area contributed by atoms with Crippen LogP contribution in [-0.2, 0) is 17.6 Å². The van der Waals surface area contributed by atoms with Crippen LogP contribution < -0.4 is 5.32 Å². The van der Waals surface area contributed by atoms with E-state index in [1.165, 1.54) is 16.9 Å². The summed E-state index contributed by atoms with van der Waals surface area (Å²) in [6.45, 7) is 2.25. The highest BCUT2D eigenvalue weighted by Crippen LogP contribution is 2.32. The van der Waals surface area contributed by atoms with Gasteiger partial charge < -0.3 is 10.4 Å². The van der Waals surface area contributed by atoms with Gasteiger partial charge >= 0.3 is 5.97 Å². The van der Waals surface area contributed by atoms with Gasteiger partial charge in [0, 0.05) is 10.9 Å². The zero-order chi connectivity index (χ0) is 15.0. The van der Waals surface area contributed by atoms with E-state index in [9.17, 15) is 9.59 Å². The van der Waals surface area contributed by atoms with E-state index in [0.717, 1.165) is 24.1 Å². The minimum absolute atomic E-state index is 0.0108. The van der Waals surface area contributed by atoms with Gasteiger partial charge in [0.2, 0.25) is 0 Å². The van der Waals surface area contributed by atoms with Crippen LogP contribution >= 0.6 is 11.3 Å². The lowest BCUT2D eigenvalue weighted by atomic mass is 9.90. The van der Waals surface area contributed by atoms with Crippen molar-refractivity contribution >= 4 is 23.2 Å². The van der Waals surface area contributed by atoms with Crippen LogP contribution in [-0.4, -0.2) is 23.0 Å². The summed E-state index contributed by atoms with van der Waals surface area (Å²) in [4.78, 5) is 25.4. The van der Waals surface area contributed by atoms with Crippen molar-refractivity contribution in [1.82, 2.24) is 5.32 Å². The van der Waals surface area contributed by atoms with Crippen molar-refractivity contribution in [2.45, 2.75) is 51.5 Å². The second-order valence-electron chi connectivity index (χ2n) is 6.43. The largest absolute Gasteiger partial charge is 0.481 e. The highest BCUT2D eigenvalue weighted by Gasteiger charge is 2.31. The molecule has 0 spiro atoms. The van der Waals surface area contributed by atoms with Crippen molar-refractivity contribution < 1.29 is 14.7 Å². The molecule has 1 unspecified atom stereocenters. The number of hydrogen-bond acceptors (Lipinski definition) is 3. The Balaban J connectivity index is 1.63. The molecular weight excluding hydrogens is 286 g/mol. The summed E-state index contributed by atoms with van der Waals surface area (Å²) in [6.07, 6.45) is 5.35. The number of aryl methyl sites for hydroxylation is 1. The first kappa shape index (κ1) is 14.6. The second-order valence-corrected chi connectivity index (χ2v) is 7.56. The van der Waals surface area contributed by atoms with E-state index in [2.05, 4.69) is 12.2 Å². The smallest absolute Gasteiger partial charge is 0.306 e. The number of rotatable bonds is 3. The predicted molar refractivity (Wildman–Crippen MR) is 81.7 cm³/mol. The normalized spacial score (nSPS) is 28.1. The standard InChI is InChI=1S/C16H21NO3S/c1-9-2-5-13-11(6-9)8-14(21-13)15(18)17-12-4-3-10(7-12)16(19)20/h8-10,12H,2-7H2,1H3,(H,17,18)(H,19,20)/t9?,10-,12+/m1/s1. The molecule has 0 radical (unpaired) electrons. The van der Waals surface area contributed by atoms with Gasteiger partial charge in [-0.3, -0.25) is 9.59 Å². The summed E-state index contributed by atoms with van der Waals surface area (Å²) in [5, 5.41) is 12.0. The highest BCUT2D eigenvalue weighted by molar-refractivity contribution is 7.14. The van der Waals surface area contributed by atoms with E-state index in [1.54, 1.807) is 11.3 Å². The van der Waals surface area contributed by atoms with Gasteiger partial charge in [0.05, 0.1) is 10.8 Å². The van der Waals surface area contributed by atoms with Gasteiger partial charge in [0.1, 0.15) is 0 Å². The molecule has 2 aliphatic rings. The summed E-state index contributed by atoms with van der Waals surface area (Å²) in [5.74, 6) is -0.368. The van der Waals surface area contributed by atoms with E-state index in [0.29, 0.717) is 18.8 Å². The van der Waals surface area contributed by atoms with Crippen molar-refractivity contribution in [3.05, 3.63) is 21.4 Å². The summed E-state index contributed by atoms with van der Waals surface area (Å²) < 4.78 is 0. The molecule has 2 N–H and O–H groups in total. The maximum atomic E-state index is 12.3. The molecule has 0 bridgehead atoms. The lowest BCUT2D eigenvalue weighted by Gasteiger charge is -2.16. The fourth-order valence-corrected chi connectivity index (χ4v) is 4.52. The number of carboxylic acids is 1. The Morgan fingerprint density at radius 3 is 2.86 bits per heavy atom. The SMILES string of the molecule is CC1CCc2sc(C(=O)N[C@H]3CC[C@@H](C(=O)O)C3)cc2C1. The first-order valence-corrected chi connectivity index (χ1v) is 8.50. The maximum absolute atomic E-state index is 12.3. The molecule has 4 nitrogen and oxygen atoms in total. The quantitative estimate of drug-likeness (QED) is 0.902. The van der Waals surface area contributed by atoms with Gasteiger partial charge in [-0.2, -0.15) is 0 Å². The molecule has 5 heteroatoms. The molecule has 1 aromatic heterocycles. The first-order valence-electron chi connectivity index (χ1n) is 7.68. The van der Waals surface area contributed by atoms with Crippen molar-refractivity contribution in [1.29, 1.82) is 0 Å². The third-order valence-corrected chi connectivity index (χ3v) is 5.91. The minimum Gasteiger partial charge on any atom is -0.481 e. The molecule has 1 heterocycles. The lowest BCUT2D eigenvalue weighted by Crippen LogP contribution is -2.32. The van der Waals surface area contributed by atoms with Crippen LogP contribution in [0.2, 0.25) is 0 Å². The Hall–Kier alpha value is -1.36. The van der Waals surface area contributed by atoms with Crippen molar-refractivity contribution in [3.8, 4) is 0 Å². The molecule has 0 aromatic carbocycles. The Morgan fingerprint density at radius 2 is 2.14 bits per heavy atom. The molecule has 21 heavy (non-hydrogen) atoms. The third-order valence-electron chi connectivity index (χ3n) is 4.67. The second kappa shape index (κ2) is 5.79. The van der Waals surface area contributed by atoms with Crippen LogP contribution in [0.25, 0.3) is 0 Å². The van der Waals surface area contributed by atoms with E-state index in [1.807, 2.05) is 6.07 Å². The summed E-state index contributed by atoms with van der Waals surface area (Å²) in [7, 11) is 0. The monoisotopic (exact) mass is 307 g/mol. The molecular formula is C16H21NO3S. The van der Waals surface area contributed by atoms with Crippen LogP contribution in [0.4, 0.5) is 0 Å². The van der Waals surface area contributed by atoms with Crippen LogP contribution in [0.5, 0.6) is 0 Å². The molecule has 1 saturated carbocycles.